The molecule has 30 heavy (non-hydrogen) atoms. The fourth-order valence-corrected chi connectivity index (χ4v) is 3.91. The molecule has 1 aromatic carbocycles. The maximum Gasteiger partial charge on any atom is 0.286 e. The monoisotopic (exact) mass is 421 g/mol. The first-order valence-corrected chi connectivity index (χ1v) is 10.1. The summed E-state index contributed by atoms with van der Waals surface area (Å²) < 4.78 is 6.94. The summed E-state index contributed by atoms with van der Waals surface area (Å²) in [4.78, 5) is 34.1. The van der Waals surface area contributed by atoms with E-state index >= 15 is 0 Å². The van der Waals surface area contributed by atoms with Gasteiger partial charge >= 0.3 is 0 Å². The Morgan fingerprint density at radius 1 is 1.17 bits per heavy atom. The molecule has 0 fully saturated rings. The van der Waals surface area contributed by atoms with Crippen molar-refractivity contribution in [1.82, 2.24) is 19.9 Å². The van der Waals surface area contributed by atoms with E-state index in [0.717, 1.165) is 22.0 Å². The van der Waals surface area contributed by atoms with Gasteiger partial charge in [0.25, 0.3) is 5.91 Å². The number of benzene rings is 1. The second kappa shape index (κ2) is 8.75. The van der Waals surface area contributed by atoms with Gasteiger partial charge < -0.3 is 19.6 Å². The van der Waals surface area contributed by atoms with Gasteiger partial charge in [-0.15, -0.1) is 0 Å². The minimum absolute atomic E-state index is 0.116. The number of nitrogens with zero attached hydrogens (tertiary/aromatic N) is 3. The largest absolute Gasteiger partial charge is 0.459 e. The van der Waals surface area contributed by atoms with Gasteiger partial charge in [0, 0.05) is 38.0 Å². The highest BCUT2D eigenvalue weighted by Gasteiger charge is 2.19. The summed E-state index contributed by atoms with van der Waals surface area (Å²) in [6, 6.07) is 13.0. The molecule has 0 bridgehead atoms. The van der Waals surface area contributed by atoms with Crippen LogP contribution in [0.1, 0.15) is 17.0 Å². The van der Waals surface area contributed by atoms with E-state index in [1.807, 2.05) is 48.1 Å². The molecule has 0 unspecified atom stereocenters. The van der Waals surface area contributed by atoms with Crippen molar-refractivity contribution in [3.8, 4) is 22.0 Å². The molecule has 3 aromatic heterocycles. The smallest absolute Gasteiger partial charge is 0.286 e. The number of anilines is 1. The molecule has 4 aromatic rings. The molecule has 3 heterocycles. The van der Waals surface area contributed by atoms with E-state index in [1.165, 1.54) is 17.6 Å². The average molecular weight is 421 g/mol. The Morgan fingerprint density at radius 2 is 2.00 bits per heavy atom. The molecule has 0 radical (unpaired) electrons. The van der Waals surface area contributed by atoms with E-state index < -0.39 is 0 Å². The van der Waals surface area contributed by atoms with E-state index in [2.05, 4.69) is 20.6 Å². The molecule has 9 heteroatoms. The summed E-state index contributed by atoms with van der Waals surface area (Å²) in [5, 5.41) is 5.95. The first kappa shape index (κ1) is 19.6. The van der Waals surface area contributed by atoms with Crippen LogP contribution in [-0.2, 0) is 11.8 Å². The van der Waals surface area contributed by atoms with Crippen molar-refractivity contribution in [2.24, 2.45) is 7.05 Å². The SMILES string of the molecule is Cn1ccnc1-c1sc(NC(=O)CCNC(=O)c2ccco2)nc1-c1ccccc1. The third-order valence-corrected chi connectivity index (χ3v) is 5.29. The Labute approximate surface area is 176 Å². The number of nitrogens with one attached hydrogen (secondary N) is 2. The maximum absolute atomic E-state index is 12.4. The van der Waals surface area contributed by atoms with Crippen LogP contribution >= 0.6 is 11.3 Å². The van der Waals surface area contributed by atoms with Gasteiger partial charge in [-0.3, -0.25) is 9.59 Å². The van der Waals surface area contributed by atoms with Crippen molar-refractivity contribution in [1.29, 1.82) is 0 Å². The van der Waals surface area contributed by atoms with Crippen molar-refractivity contribution < 1.29 is 14.0 Å². The van der Waals surface area contributed by atoms with E-state index in [9.17, 15) is 9.59 Å². The van der Waals surface area contributed by atoms with E-state index in [-0.39, 0.29) is 30.5 Å². The average Bonchev–Trinajstić information content (AvgIpc) is 3.49. The summed E-state index contributed by atoms with van der Waals surface area (Å²) in [6.45, 7) is 0.189. The van der Waals surface area contributed by atoms with Crippen LogP contribution in [0.15, 0.2) is 65.5 Å². The molecule has 0 saturated carbocycles. The van der Waals surface area contributed by atoms with Crippen LogP contribution in [0.5, 0.6) is 0 Å². The predicted molar refractivity (Wildman–Crippen MR) is 114 cm³/mol. The molecule has 152 valence electrons. The van der Waals surface area contributed by atoms with Crippen LogP contribution < -0.4 is 10.6 Å². The molecule has 2 amide bonds. The molecule has 0 saturated heterocycles. The molecule has 0 aliphatic carbocycles. The highest BCUT2D eigenvalue weighted by molar-refractivity contribution is 7.19. The maximum atomic E-state index is 12.4. The molecule has 0 spiro atoms. The lowest BCUT2D eigenvalue weighted by atomic mass is 10.1. The molecule has 8 nitrogen and oxygen atoms in total. The quantitative estimate of drug-likeness (QED) is 0.475. The van der Waals surface area contributed by atoms with Crippen LogP contribution in [-0.4, -0.2) is 32.9 Å². The van der Waals surface area contributed by atoms with Gasteiger partial charge in [-0.1, -0.05) is 41.7 Å². The number of amides is 2. The lowest BCUT2D eigenvalue weighted by molar-refractivity contribution is -0.116. The summed E-state index contributed by atoms with van der Waals surface area (Å²) in [5.74, 6) is 0.389. The number of carbonyl (C=O) groups excluding carboxylic acids is 2. The zero-order valence-corrected chi connectivity index (χ0v) is 17.0. The van der Waals surface area contributed by atoms with E-state index in [0.29, 0.717) is 5.13 Å². The molecule has 0 atom stereocenters. The van der Waals surface area contributed by atoms with Crippen molar-refractivity contribution in [3.63, 3.8) is 0 Å². The summed E-state index contributed by atoms with van der Waals surface area (Å²) >= 11 is 1.36. The van der Waals surface area contributed by atoms with Crippen molar-refractivity contribution >= 4 is 28.3 Å². The first-order chi connectivity index (χ1) is 14.6. The molecular formula is C21H19N5O3S. The van der Waals surface area contributed by atoms with Crippen molar-refractivity contribution in [2.45, 2.75) is 6.42 Å². The normalized spacial score (nSPS) is 10.7. The number of imidazole rings is 1. The van der Waals surface area contributed by atoms with Gasteiger partial charge in [0.05, 0.1) is 16.8 Å². The molecule has 2 N–H and O–H groups in total. The topological polar surface area (TPSA) is 102 Å². The Hall–Kier alpha value is -3.72. The number of hydrogen-bond donors (Lipinski definition) is 2. The minimum atomic E-state index is -0.356. The van der Waals surface area contributed by atoms with Gasteiger partial charge in [-0.2, -0.15) is 0 Å². The molecule has 4 rings (SSSR count). The Balaban J connectivity index is 1.46. The van der Waals surface area contributed by atoms with Gasteiger partial charge in [-0.25, -0.2) is 9.97 Å². The van der Waals surface area contributed by atoms with Crippen LogP contribution in [0.3, 0.4) is 0 Å². The minimum Gasteiger partial charge on any atom is -0.459 e. The van der Waals surface area contributed by atoms with Crippen LogP contribution in [0, 0.1) is 0 Å². The van der Waals surface area contributed by atoms with Crippen molar-refractivity contribution in [3.05, 3.63) is 66.9 Å². The molecule has 0 aliphatic rings. The number of aromatic nitrogens is 3. The highest BCUT2D eigenvalue weighted by atomic mass is 32.1. The van der Waals surface area contributed by atoms with E-state index in [4.69, 9.17) is 4.42 Å². The van der Waals surface area contributed by atoms with Crippen LogP contribution in [0.25, 0.3) is 22.0 Å². The first-order valence-electron chi connectivity index (χ1n) is 9.27. The Bertz CT molecular complexity index is 1150. The number of aryl methyl sites for hydroxylation is 1. The number of hydrogen-bond acceptors (Lipinski definition) is 6. The van der Waals surface area contributed by atoms with Crippen LogP contribution in [0.2, 0.25) is 0 Å². The van der Waals surface area contributed by atoms with Gasteiger partial charge in [0.1, 0.15) is 0 Å². The van der Waals surface area contributed by atoms with Gasteiger partial charge in [0.15, 0.2) is 16.7 Å². The van der Waals surface area contributed by atoms with Gasteiger partial charge in [-0.05, 0) is 12.1 Å². The lowest BCUT2D eigenvalue weighted by Gasteiger charge is -2.03. The summed E-state index contributed by atoms with van der Waals surface area (Å²) in [7, 11) is 1.91. The zero-order valence-electron chi connectivity index (χ0n) is 16.2. The molecular weight excluding hydrogens is 402 g/mol. The third kappa shape index (κ3) is 4.31. The Kier molecular flexibility index (Phi) is 5.71. The van der Waals surface area contributed by atoms with Crippen LogP contribution in [0.4, 0.5) is 5.13 Å². The number of furan rings is 1. The Morgan fingerprint density at radius 3 is 2.70 bits per heavy atom. The fraction of sp³-hybridized carbons (Fsp3) is 0.143. The standard InChI is InChI=1S/C21H19N5O3S/c1-26-12-11-22-19(26)18-17(14-6-3-2-4-7-14)25-21(30-18)24-16(27)9-10-23-20(28)15-8-5-13-29-15/h2-8,11-13H,9-10H2,1H3,(H,23,28)(H,24,25,27). The second-order valence-corrected chi connectivity index (χ2v) is 7.45. The third-order valence-electron chi connectivity index (χ3n) is 4.33. The van der Waals surface area contributed by atoms with Crippen molar-refractivity contribution in [2.75, 3.05) is 11.9 Å². The van der Waals surface area contributed by atoms with Gasteiger partial charge in [0.2, 0.25) is 5.91 Å². The second-order valence-electron chi connectivity index (χ2n) is 6.46. The predicted octanol–water partition coefficient (Wildman–Crippen LogP) is 3.56. The fourth-order valence-electron chi connectivity index (χ4n) is 2.87. The highest BCUT2D eigenvalue weighted by Crippen LogP contribution is 2.38. The number of rotatable bonds is 7. The number of carbonyl (C=O) groups is 2. The zero-order chi connectivity index (χ0) is 20.9. The lowest BCUT2D eigenvalue weighted by Crippen LogP contribution is -2.27. The van der Waals surface area contributed by atoms with E-state index in [1.54, 1.807) is 18.3 Å². The summed E-state index contributed by atoms with van der Waals surface area (Å²) in [5.41, 5.74) is 1.70. The molecule has 0 aliphatic heterocycles. The number of thiazole rings is 1. The summed E-state index contributed by atoms with van der Waals surface area (Å²) in [6.07, 6.45) is 5.13.